The first-order valence-corrected chi connectivity index (χ1v) is 11.1. The van der Waals surface area contributed by atoms with Gasteiger partial charge >= 0.3 is 5.69 Å². The topological polar surface area (TPSA) is 94.1 Å². The van der Waals surface area contributed by atoms with Gasteiger partial charge in [-0.1, -0.05) is 17.7 Å². The van der Waals surface area contributed by atoms with E-state index in [1.54, 1.807) is 36.1 Å². The standard InChI is InChI=1S/C22H22ClFN8O2/c1-28-18-17(19(33)29(2)22(28)34)32(13-14-15(23)5-3-6-16(14)24)21(27-18)31-11-9-30(10-12-31)20-25-7-4-8-26-20/h3-8H,9-13H2,1-2H3. The molecule has 0 unspecified atom stereocenters. The first-order chi connectivity index (χ1) is 16.4. The Kier molecular flexibility index (Phi) is 5.56. The zero-order chi connectivity index (χ0) is 24.0. The van der Waals surface area contributed by atoms with Crippen LogP contribution in [0.4, 0.5) is 16.3 Å². The van der Waals surface area contributed by atoms with Crippen molar-refractivity contribution in [2.75, 3.05) is 36.0 Å². The normalized spacial score (nSPS) is 14.2. The Balaban J connectivity index is 1.61. The van der Waals surface area contributed by atoms with Crippen LogP contribution in [0.1, 0.15) is 5.56 Å². The van der Waals surface area contributed by atoms with E-state index >= 15 is 0 Å². The van der Waals surface area contributed by atoms with E-state index in [2.05, 4.69) is 19.9 Å². The minimum atomic E-state index is -0.499. The molecule has 0 atom stereocenters. The Bertz CT molecular complexity index is 1470. The first-order valence-electron chi connectivity index (χ1n) is 10.7. The number of nitrogens with zero attached hydrogens (tertiary/aromatic N) is 8. The number of aryl methyl sites for hydroxylation is 1. The minimum Gasteiger partial charge on any atom is -0.339 e. The highest BCUT2D eigenvalue weighted by atomic mass is 35.5. The molecule has 1 fully saturated rings. The Morgan fingerprint density at radius 2 is 1.65 bits per heavy atom. The summed E-state index contributed by atoms with van der Waals surface area (Å²) in [7, 11) is 2.97. The van der Waals surface area contributed by atoms with Crippen LogP contribution >= 0.6 is 11.6 Å². The van der Waals surface area contributed by atoms with Crippen molar-refractivity contribution in [1.82, 2.24) is 28.7 Å². The van der Waals surface area contributed by atoms with Gasteiger partial charge in [0.1, 0.15) is 5.82 Å². The molecule has 1 saturated heterocycles. The van der Waals surface area contributed by atoms with Crippen molar-refractivity contribution < 1.29 is 4.39 Å². The predicted octanol–water partition coefficient (Wildman–Crippen LogP) is 1.39. The fraction of sp³-hybridized carbons (Fsp3) is 0.318. The molecule has 5 rings (SSSR count). The predicted molar refractivity (Wildman–Crippen MR) is 127 cm³/mol. The molecule has 176 valence electrons. The van der Waals surface area contributed by atoms with E-state index in [0.717, 1.165) is 4.57 Å². The molecule has 0 N–H and O–H groups in total. The van der Waals surface area contributed by atoms with Gasteiger partial charge < -0.3 is 9.80 Å². The molecule has 1 aliphatic rings. The third-order valence-electron chi connectivity index (χ3n) is 6.10. The van der Waals surface area contributed by atoms with Crippen molar-refractivity contribution in [3.63, 3.8) is 0 Å². The third kappa shape index (κ3) is 3.61. The maximum Gasteiger partial charge on any atom is 0.332 e. The number of benzene rings is 1. The maximum absolute atomic E-state index is 14.7. The lowest BCUT2D eigenvalue weighted by Gasteiger charge is -2.35. The van der Waals surface area contributed by atoms with Crippen LogP contribution in [0.25, 0.3) is 11.2 Å². The third-order valence-corrected chi connectivity index (χ3v) is 6.46. The van der Waals surface area contributed by atoms with Crippen molar-refractivity contribution in [1.29, 1.82) is 0 Å². The van der Waals surface area contributed by atoms with Crippen molar-refractivity contribution >= 4 is 34.7 Å². The fourth-order valence-electron chi connectivity index (χ4n) is 4.23. The van der Waals surface area contributed by atoms with Crippen LogP contribution in [0.15, 0.2) is 46.2 Å². The van der Waals surface area contributed by atoms with Gasteiger partial charge in [-0.25, -0.2) is 19.2 Å². The van der Waals surface area contributed by atoms with Gasteiger partial charge in [0.2, 0.25) is 11.9 Å². The Hall–Kier alpha value is -3.73. The summed E-state index contributed by atoms with van der Waals surface area (Å²) in [5.41, 5.74) is -0.279. The van der Waals surface area contributed by atoms with Crippen LogP contribution in [-0.2, 0) is 20.6 Å². The Morgan fingerprint density at radius 1 is 0.971 bits per heavy atom. The van der Waals surface area contributed by atoms with Crippen molar-refractivity contribution in [2.24, 2.45) is 14.1 Å². The number of aromatic nitrogens is 6. The molecular formula is C22H22ClFN8O2. The molecule has 0 aliphatic carbocycles. The maximum atomic E-state index is 14.7. The molecule has 3 aromatic heterocycles. The lowest BCUT2D eigenvalue weighted by Crippen LogP contribution is -2.48. The average Bonchev–Trinajstić information content (AvgIpc) is 3.24. The summed E-state index contributed by atoms with van der Waals surface area (Å²) in [5, 5.41) is 0.250. The lowest BCUT2D eigenvalue weighted by molar-refractivity contribution is 0.590. The molecule has 12 heteroatoms. The molecule has 34 heavy (non-hydrogen) atoms. The minimum absolute atomic E-state index is 0.00715. The SMILES string of the molecule is Cn1c(=O)c2c(nc(N3CCN(c4ncccn4)CC3)n2Cc2c(F)cccc2Cl)n(C)c1=O. The Labute approximate surface area is 198 Å². The number of hydrogen-bond acceptors (Lipinski definition) is 7. The highest BCUT2D eigenvalue weighted by Gasteiger charge is 2.27. The van der Waals surface area contributed by atoms with Crippen LogP contribution in [0, 0.1) is 5.82 Å². The van der Waals surface area contributed by atoms with E-state index in [9.17, 15) is 14.0 Å². The number of fused-ring (bicyclic) bond motifs is 1. The summed E-state index contributed by atoms with van der Waals surface area (Å²) >= 11 is 6.30. The van der Waals surface area contributed by atoms with Crippen LogP contribution in [0.5, 0.6) is 0 Å². The summed E-state index contributed by atoms with van der Waals surface area (Å²) < 4.78 is 18.7. The van der Waals surface area contributed by atoms with E-state index in [1.165, 1.54) is 23.7 Å². The number of halogens is 2. The number of imidazole rings is 1. The number of anilines is 2. The number of rotatable bonds is 4. The van der Waals surface area contributed by atoms with Crippen LogP contribution in [0.3, 0.4) is 0 Å². The molecule has 0 spiro atoms. The second-order valence-electron chi connectivity index (χ2n) is 8.10. The van der Waals surface area contributed by atoms with E-state index in [1.807, 2.05) is 4.90 Å². The molecule has 0 saturated carbocycles. The summed E-state index contributed by atoms with van der Waals surface area (Å²) in [6.45, 7) is 2.39. The van der Waals surface area contributed by atoms with Gasteiger partial charge in [0, 0.05) is 63.3 Å². The lowest BCUT2D eigenvalue weighted by atomic mass is 10.2. The molecule has 0 radical (unpaired) electrons. The summed E-state index contributed by atoms with van der Waals surface area (Å²) in [6.07, 6.45) is 3.39. The van der Waals surface area contributed by atoms with Gasteiger partial charge in [-0.15, -0.1) is 0 Å². The van der Waals surface area contributed by atoms with Gasteiger partial charge in [0.15, 0.2) is 11.2 Å². The van der Waals surface area contributed by atoms with Crippen LogP contribution < -0.4 is 21.0 Å². The number of piperazine rings is 1. The smallest absolute Gasteiger partial charge is 0.332 e. The van der Waals surface area contributed by atoms with Gasteiger partial charge in [-0.3, -0.25) is 18.5 Å². The first kappa shape index (κ1) is 22.1. The average molecular weight is 485 g/mol. The molecule has 0 amide bonds. The molecule has 1 aromatic carbocycles. The number of hydrogen-bond donors (Lipinski definition) is 0. The van der Waals surface area contributed by atoms with Gasteiger partial charge in [-0.05, 0) is 18.2 Å². The van der Waals surface area contributed by atoms with E-state index in [4.69, 9.17) is 11.6 Å². The second kappa shape index (κ2) is 8.56. The van der Waals surface area contributed by atoms with Gasteiger partial charge in [0.05, 0.1) is 6.54 Å². The zero-order valence-electron chi connectivity index (χ0n) is 18.6. The molecule has 4 aromatic rings. The molecular weight excluding hydrogens is 463 g/mol. The van der Waals surface area contributed by atoms with Crippen LogP contribution in [0.2, 0.25) is 5.02 Å². The molecule has 10 nitrogen and oxygen atoms in total. The van der Waals surface area contributed by atoms with Crippen molar-refractivity contribution in [2.45, 2.75) is 6.54 Å². The molecule has 0 bridgehead atoms. The van der Waals surface area contributed by atoms with Gasteiger partial charge in [-0.2, -0.15) is 4.98 Å². The summed E-state index contributed by atoms with van der Waals surface area (Å²) in [6, 6.07) is 6.22. The largest absolute Gasteiger partial charge is 0.339 e. The Morgan fingerprint density at radius 3 is 2.32 bits per heavy atom. The van der Waals surface area contributed by atoms with Crippen molar-refractivity contribution in [3.8, 4) is 0 Å². The monoisotopic (exact) mass is 484 g/mol. The zero-order valence-corrected chi connectivity index (χ0v) is 19.4. The van der Waals surface area contributed by atoms with Gasteiger partial charge in [0.25, 0.3) is 5.56 Å². The van der Waals surface area contributed by atoms with E-state index in [-0.39, 0.29) is 28.3 Å². The fourth-order valence-corrected chi connectivity index (χ4v) is 4.45. The highest BCUT2D eigenvalue weighted by molar-refractivity contribution is 6.31. The second-order valence-corrected chi connectivity index (χ2v) is 8.51. The highest BCUT2D eigenvalue weighted by Crippen LogP contribution is 2.27. The summed E-state index contributed by atoms with van der Waals surface area (Å²) in [4.78, 5) is 43.0. The van der Waals surface area contributed by atoms with Crippen LogP contribution in [-0.4, -0.2) is 54.8 Å². The quantitative estimate of drug-likeness (QED) is 0.432. The molecule has 4 heterocycles. The van der Waals surface area contributed by atoms with Crippen molar-refractivity contribution in [3.05, 3.63) is 73.9 Å². The van der Waals surface area contributed by atoms with E-state index in [0.29, 0.717) is 38.1 Å². The van der Waals surface area contributed by atoms with E-state index < -0.39 is 17.1 Å². The molecule has 1 aliphatic heterocycles. The summed E-state index contributed by atoms with van der Waals surface area (Å²) in [5.74, 6) is 0.638.